The van der Waals surface area contributed by atoms with Crippen molar-refractivity contribution in [1.29, 1.82) is 0 Å². The van der Waals surface area contributed by atoms with Crippen molar-refractivity contribution in [3.05, 3.63) is 71.9 Å². The summed E-state index contributed by atoms with van der Waals surface area (Å²) in [6.07, 6.45) is 1.82. The molecule has 0 saturated carbocycles. The zero-order valence-electron chi connectivity index (χ0n) is 14.8. The van der Waals surface area contributed by atoms with Gasteiger partial charge in [-0.25, -0.2) is 4.98 Å². The van der Waals surface area contributed by atoms with E-state index >= 15 is 0 Å². The first kappa shape index (κ1) is 16.9. The summed E-state index contributed by atoms with van der Waals surface area (Å²) < 4.78 is 0. The quantitative estimate of drug-likeness (QED) is 0.703. The van der Waals surface area contributed by atoms with E-state index in [1.165, 1.54) is 5.56 Å². The molecule has 0 unspecified atom stereocenters. The first-order chi connectivity index (χ1) is 12.1. The van der Waals surface area contributed by atoms with E-state index in [1.807, 2.05) is 49.5 Å². The fourth-order valence-electron chi connectivity index (χ4n) is 2.53. The number of aryl methyl sites for hydroxylation is 1. The Morgan fingerprint density at radius 3 is 2.44 bits per heavy atom. The Balaban J connectivity index is 1.79. The molecule has 0 saturated heterocycles. The molecule has 25 heavy (non-hydrogen) atoms. The molecule has 3 aromatic rings. The van der Waals surface area contributed by atoms with E-state index in [2.05, 4.69) is 57.8 Å². The second-order valence-electron chi connectivity index (χ2n) is 6.28. The smallest absolute Gasteiger partial charge is 0.229 e. The van der Waals surface area contributed by atoms with E-state index in [4.69, 9.17) is 0 Å². The van der Waals surface area contributed by atoms with E-state index < -0.39 is 0 Å². The molecular weight excluding hydrogens is 310 g/mol. The summed E-state index contributed by atoms with van der Waals surface area (Å²) in [6.45, 7) is 2.90. The van der Waals surface area contributed by atoms with Gasteiger partial charge < -0.3 is 15.5 Å². The Hall–Kier alpha value is -2.92. The number of hydrogen-bond donors (Lipinski definition) is 2. The number of benzene rings is 2. The molecule has 5 heteroatoms. The average Bonchev–Trinajstić information content (AvgIpc) is 2.59. The predicted octanol–water partition coefficient (Wildman–Crippen LogP) is 4.33. The Kier molecular flexibility index (Phi) is 5.26. The Morgan fingerprint density at radius 2 is 1.68 bits per heavy atom. The van der Waals surface area contributed by atoms with Crippen LogP contribution >= 0.6 is 0 Å². The number of aromatic nitrogens is 2. The molecule has 0 amide bonds. The second-order valence-corrected chi connectivity index (χ2v) is 6.28. The van der Waals surface area contributed by atoms with Gasteiger partial charge in [0.1, 0.15) is 5.82 Å². The lowest BCUT2D eigenvalue weighted by Crippen LogP contribution is -2.10. The van der Waals surface area contributed by atoms with Gasteiger partial charge in [-0.05, 0) is 50.8 Å². The molecule has 0 spiro atoms. The van der Waals surface area contributed by atoms with Gasteiger partial charge >= 0.3 is 0 Å². The molecule has 3 rings (SSSR count). The number of nitrogens with one attached hydrogen (secondary N) is 2. The first-order valence-electron chi connectivity index (χ1n) is 8.26. The zero-order chi connectivity index (χ0) is 17.6. The van der Waals surface area contributed by atoms with Crippen molar-refractivity contribution in [1.82, 2.24) is 14.9 Å². The molecule has 0 bridgehead atoms. The van der Waals surface area contributed by atoms with Crippen molar-refractivity contribution < 1.29 is 0 Å². The number of rotatable bonds is 6. The standard InChI is InChI=1S/C20H23N5/c1-15-13-21-20(23-17-9-5-4-6-10-17)24-19(15)22-18-11-7-8-16(12-18)14-25(2)3/h4-13H,14H2,1-3H3,(H2,21,22,23,24). The van der Waals surface area contributed by atoms with Crippen molar-refractivity contribution in [2.24, 2.45) is 0 Å². The largest absolute Gasteiger partial charge is 0.340 e. The van der Waals surface area contributed by atoms with Crippen molar-refractivity contribution in [3.63, 3.8) is 0 Å². The molecule has 0 aliphatic heterocycles. The molecule has 1 aromatic heterocycles. The van der Waals surface area contributed by atoms with Gasteiger partial charge in [0.05, 0.1) is 0 Å². The van der Waals surface area contributed by atoms with Crippen LogP contribution in [-0.2, 0) is 6.54 Å². The Bertz CT molecular complexity index is 830. The van der Waals surface area contributed by atoms with Gasteiger partial charge in [-0.2, -0.15) is 4.98 Å². The summed E-state index contributed by atoms with van der Waals surface area (Å²) in [5.41, 5.74) is 4.23. The van der Waals surface area contributed by atoms with Gasteiger partial charge in [0.15, 0.2) is 0 Å². The van der Waals surface area contributed by atoms with Gasteiger partial charge in [0.2, 0.25) is 5.95 Å². The summed E-state index contributed by atoms with van der Waals surface area (Å²) in [5.74, 6) is 1.37. The molecule has 0 aliphatic carbocycles. The van der Waals surface area contributed by atoms with Crippen molar-refractivity contribution >= 4 is 23.1 Å². The minimum atomic E-state index is 0.573. The summed E-state index contributed by atoms with van der Waals surface area (Å²) in [6, 6.07) is 18.3. The third-order valence-corrected chi connectivity index (χ3v) is 3.69. The fraction of sp³-hybridized carbons (Fsp3) is 0.200. The molecule has 0 fully saturated rings. The minimum absolute atomic E-state index is 0.573. The lowest BCUT2D eigenvalue weighted by atomic mass is 10.2. The molecule has 0 atom stereocenters. The highest BCUT2D eigenvalue weighted by Gasteiger charge is 2.06. The first-order valence-corrected chi connectivity index (χ1v) is 8.26. The van der Waals surface area contributed by atoms with Crippen LogP contribution in [0.15, 0.2) is 60.8 Å². The van der Waals surface area contributed by atoms with Crippen LogP contribution in [0.4, 0.5) is 23.1 Å². The van der Waals surface area contributed by atoms with Crippen LogP contribution in [0.1, 0.15) is 11.1 Å². The van der Waals surface area contributed by atoms with Crippen molar-refractivity contribution in [2.45, 2.75) is 13.5 Å². The SMILES string of the molecule is Cc1cnc(Nc2ccccc2)nc1Nc1cccc(CN(C)C)c1. The Morgan fingerprint density at radius 1 is 0.920 bits per heavy atom. The Labute approximate surface area is 148 Å². The third-order valence-electron chi connectivity index (χ3n) is 3.69. The van der Waals surface area contributed by atoms with E-state index in [9.17, 15) is 0 Å². The van der Waals surface area contributed by atoms with Crippen molar-refractivity contribution in [3.8, 4) is 0 Å². The summed E-state index contributed by atoms with van der Waals surface area (Å²) >= 11 is 0. The lowest BCUT2D eigenvalue weighted by Gasteiger charge is -2.13. The molecule has 5 nitrogen and oxygen atoms in total. The van der Waals surface area contributed by atoms with Gasteiger partial charge in [-0.1, -0.05) is 30.3 Å². The maximum Gasteiger partial charge on any atom is 0.229 e. The molecule has 2 N–H and O–H groups in total. The zero-order valence-corrected chi connectivity index (χ0v) is 14.8. The number of nitrogens with zero attached hydrogens (tertiary/aromatic N) is 3. The van der Waals surface area contributed by atoms with Crippen LogP contribution in [0.25, 0.3) is 0 Å². The highest BCUT2D eigenvalue weighted by molar-refractivity contribution is 5.62. The van der Waals surface area contributed by atoms with E-state index in [0.717, 1.165) is 29.3 Å². The molecule has 128 valence electrons. The molecular formula is C20H23N5. The number of para-hydroxylation sites is 1. The van der Waals surface area contributed by atoms with Gasteiger partial charge in [0.25, 0.3) is 0 Å². The molecule has 0 aliphatic rings. The minimum Gasteiger partial charge on any atom is -0.340 e. The molecule has 2 aromatic carbocycles. The van der Waals surface area contributed by atoms with Crippen LogP contribution in [-0.4, -0.2) is 29.0 Å². The summed E-state index contributed by atoms with van der Waals surface area (Å²) in [4.78, 5) is 11.1. The highest BCUT2D eigenvalue weighted by Crippen LogP contribution is 2.21. The predicted molar refractivity (Wildman–Crippen MR) is 104 cm³/mol. The van der Waals surface area contributed by atoms with Crippen LogP contribution < -0.4 is 10.6 Å². The molecule has 1 heterocycles. The van der Waals surface area contributed by atoms with Crippen LogP contribution in [0.3, 0.4) is 0 Å². The maximum absolute atomic E-state index is 4.61. The molecule has 0 radical (unpaired) electrons. The van der Waals surface area contributed by atoms with E-state index in [0.29, 0.717) is 5.95 Å². The van der Waals surface area contributed by atoms with Crippen LogP contribution in [0.5, 0.6) is 0 Å². The van der Waals surface area contributed by atoms with Gasteiger partial charge in [-0.3, -0.25) is 0 Å². The summed E-state index contributed by atoms with van der Waals surface area (Å²) in [7, 11) is 4.13. The normalized spacial score (nSPS) is 10.7. The van der Waals surface area contributed by atoms with Crippen LogP contribution in [0, 0.1) is 6.92 Å². The van der Waals surface area contributed by atoms with Gasteiger partial charge in [-0.15, -0.1) is 0 Å². The highest BCUT2D eigenvalue weighted by atomic mass is 15.1. The lowest BCUT2D eigenvalue weighted by molar-refractivity contribution is 0.402. The fourth-order valence-corrected chi connectivity index (χ4v) is 2.53. The van der Waals surface area contributed by atoms with Gasteiger partial charge in [0, 0.05) is 29.7 Å². The topological polar surface area (TPSA) is 53.1 Å². The van der Waals surface area contributed by atoms with Crippen molar-refractivity contribution in [2.75, 3.05) is 24.7 Å². The van der Waals surface area contributed by atoms with Crippen LogP contribution in [0.2, 0.25) is 0 Å². The third kappa shape index (κ3) is 4.78. The monoisotopic (exact) mass is 333 g/mol. The van der Waals surface area contributed by atoms with E-state index in [-0.39, 0.29) is 0 Å². The maximum atomic E-state index is 4.61. The summed E-state index contributed by atoms with van der Waals surface area (Å²) in [5, 5.41) is 6.63. The van der Waals surface area contributed by atoms with E-state index in [1.54, 1.807) is 0 Å². The number of anilines is 4. The second kappa shape index (κ2) is 7.77. The number of hydrogen-bond acceptors (Lipinski definition) is 5. The average molecular weight is 333 g/mol.